The minimum atomic E-state index is -2.29. The summed E-state index contributed by atoms with van der Waals surface area (Å²) in [7, 11) is 0. The normalized spacial score (nSPS) is 20.3. The highest BCUT2D eigenvalue weighted by Gasteiger charge is 2.64. The number of pyridine rings is 1. The van der Waals surface area contributed by atoms with Crippen LogP contribution in [0.25, 0.3) is 44.3 Å². The van der Waals surface area contributed by atoms with Crippen LogP contribution in [0.4, 0.5) is 0 Å². The summed E-state index contributed by atoms with van der Waals surface area (Å²) < 4.78 is 37.4. The van der Waals surface area contributed by atoms with Gasteiger partial charge in [-0.15, -0.1) is 0 Å². The van der Waals surface area contributed by atoms with Crippen molar-refractivity contribution in [1.82, 2.24) is 9.47 Å². The van der Waals surface area contributed by atoms with E-state index >= 15 is 0 Å². The molecule has 0 saturated heterocycles. The zero-order valence-electron chi connectivity index (χ0n) is 31.4. The number of allylic oxidation sites excluding steroid dienone is 2. The third-order valence-corrected chi connectivity index (χ3v) is 11.6. The average molecular weight is 650 g/mol. The molecule has 11 rings (SSSR count). The number of aromatic nitrogens is 2. The number of hydrogen-bond acceptors (Lipinski definition) is 2. The fourth-order valence-corrected chi connectivity index (χ4v) is 9.43. The van der Waals surface area contributed by atoms with Gasteiger partial charge in [-0.05, 0) is 121 Å². The minimum Gasteiger partial charge on any atom is -0.456 e. The van der Waals surface area contributed by atoms with E-state index < -0.39 is 12.5 Å². The first-order valence-corrected chi connectivity index (χ1v) is 17.4. The monoisotopic (exact) mass is 649 g/mol. The van der Waals surface area contributed by atoms with E-state index in [4.69, 9.17) is 8.85 Å². The van der Waals surface area contributed by atoms with Gasteiger partial charge in [0.15, 0.2) is 5.52 Å². The highest BCUT2D eigenvalue weighted by Crippen LogP contribution is 2.62. The molecule has 4 aliphatic heterocycles. The first kappa shape index (κ1) is 25.2. The summed E-state index contributed by atoms with van der Waals surface area (Å²) in [5, 5.41) is 2.22. The quantitative estimate of drug-likeness (QED) is 0.174. The standard InChI is InChI=1S/C46H36N3O/c1-26-14-16-33(28(3)20-26)36-23-39-35-12-9-13-40-43(35)46(47(39)25-30(36)5)44-41(50-40)19-17-34-37-22-32(31-10-7-6-8-11-31)15-18-38(37)49(45(34)44)42-21-27(2)29(4)24-48(42)46/h6-25,39H,1-5H3/q+1/i2D3. The van der Waals surface area contributed by atoms with Crippen LogP contribution in [-0.2, 0) is 5.66 Å². The topological polar surface area (TPSA) is 21.3 Å². The van der Waals surface area contributed by atoms with Crippen LogP contribution in [0, 0.1) is 27.6 Å². The number of benzene rings is 5. The van der Waals surface area contributed by atoms with E-state index in [1.54, 1.807) is 0 Å². The third kappa shape index (κ3) is 3.29. The molecule has 0 saturated carbocycles. The molecule has 4 aliphatic rings. The van der Waals surface area contributed by atoms with Gasteiger partial charge in [-0.2, -0.15) is 4.57 Å². The number of hydrogen-bond donors (Lipinski definition) is 0. The van der Waals surface area contributed by atoms with E-state index in [2.05, 4.69) is 144 Å². The smallest absolute Gasteiger partial charge is 0.289 e. The van der Waals surface area contributed by atoms with E-state index in [0.29, 0.717) is 5.56 Å². The van der Waals surface area contributed by atoms with Gasteiger partial charge in [0.25, 0.3) is 5.82 Å². The predicted molar refractivity (Wildman–Crippen MR) is 201 cm³/mol. The molecular weight excluding hydrogens is 611 g/mol. The van der Waals surface area contributed by atoms with Crippen LogP contribution >= 0.6 is 0 Å². The summed E-state index contributed by atoms with van der Waals surface area (Å²) in [5.74, 6) is 2.45. The number of nitrogens with zero attached hydrogens (tertiary/aromatic N) is 3. The van der Waals surface area contributed by atoms with E-state index in [9.17, 15) is 0 Å². The molecule has 5 aromatic carbocycles. The predicted octanol–water partition coefficient (Wildman–Crippen LogP) is 10.5. The zero-order chi connectivity index (χ0) is 36.1. The van der Waals surface area contributed by atoms with Crippen molar-refractivity contribution in [2.75, 3.05) is 0 Å². The molecule has 4 nitrogen and oxygen atoms in total. The number of ether oxygens (including phenoxy) is 1. The van der Waals surface area contributed by atoms with Crippen LogP contribution < -0.4 is 9.30 Å². The highest BCUT2D eigenvalue weighted by molar-refractivity contribution is 6.12. The number of fused-ring (bicyclic) bond motifs is 7. The summed E-state index contributed by atoms with van der Waals surface area (Å²) in [4.78, 5) is 2.51. The second kappa shape index (κ2) is 9.42. The van der Waals surface area contributed by atoms with Crippen molar-refractivity contribution in [3.63, 3.8) is 0 Å². The Morgan fingerprint density at radius 2 is 1.60 bits per heavy atom. The highest BCUT2D eigenvalue weighted by atomic mass is 16.5. The van der Waals surface area contributed by atoms with E-state index in [1.807, 2.05) is 19.1 Å². The molecule has 0 bridgehead atoms. The molecule has 7 aromatic rings. The molecular formula is C46H36N3O+. The molecule has 0 fully saturated rings. The lowest BCUT2D eigenvalue weighted by atomic mass is 9.84. The van der Waals surface area contributed by atoms with E-state index in [1.165, 1.54) is 33.4 Å². The zero-order valence-corrected chi connectivity index (χ0v) is 28.4. The van der Waals surface area contributed by atoms with Gasteiger partial charge in [0.05, 0.1) is 17.8 Å². The molecule has 0 amide bonds. The van der Waals surface area contributed by atoms with Crippen LogP contribution in [0.1, 0.15) is 61.6 Å². The van der Waals surface area contributed by atoms with Crippen molar-refractivity contribution < 1.29 is 13.4 Å². The molecule has 0 aliphatic carbocycles. The molecule has 2 unspecified atom stereocenters. The largest absolute Gasteiger partial charge is 0.456 e. The summed E-state index contributed by atoms with van der Waals surface area (Å²) >= 11 is 0. The second-order valence-electron chi connectivity index (χ2n) is 14.4. The van der Waals surface area contributed by atoms with Crippen LogP contribution in [-0.4, -0.2) is 9.47 Å². The van der Waals surface area contributed by atoms with Gasteiger partial charge in [0, 0.05) is 27.2 Å². The van der Waals surface area contributed by atoms with Crippen molar-refractivity contribution in [1.29, 1.82) is 0 Å². The van der Waals surface area contributed by atoms with Crippen molar-refractivity contribution in [2.45, 2.75) is 46.3 Å². The minimum absolute atomic E-state index is 0.0993. The van der Waals surface area contributed by atoms with Crippen molar-refractivity contribution in [3.8, 4) is 28.4 Å². The van der Waals surface area contributed by atoms with Crippen LogP contribution in [0.5, 0.6) is 11.5 Å². The lowest BCUT2D eigenvalue weighted by molar-refractivity contribution is -0.760. The van der Waals surface area contributed by atoms with Gasteiger partial charge in [0.2, 0.25) is 5.66 Å². The molecule has 6 heterocycles. The third-order valence-electron chi connectivity index (χ3n) is 11.6. The Labute approximate surface area is 296 Å². The molecule has 2 aromatic heterocycles. The summed E-state index contributed by atoms with van der Waals surface area (Å²) in [6.07, 6.45) is 6.84. The Morgan fingerprint density at radius 1 is 0.740 bits per heavy atom. The van der Waals surface area contributed by atoms with Gasteiger partial charge in [0.1, 0.15) is 22.6 Å². The van der Waals surface area contributed by atoms with Gasteiger partial charge in [-0.25, -0.2) is 4.57 Å². The fourth-order valence-electron chi connectivity index (χ4n) is 9.43. The molecule has 2 atom stereocenters. The maximum absolute atomic E-state index is 8.61. The molecule has 240 valence electrons. The van der Waals surface area contributed by atoms with Gasteiger partial charge < -0.3 is 9.64 Å². The van der Waals surface area contributed by atoms with Gasteiger partial charge in [-0.3, -0.25) is 0 Å². The fraction of sp³-hybridized carbons (Fsp3) is 0.152. The molecule has 50 heavy (non-hydrogen) atoms. The van der Waals surface area contributed by atoms with Crippen LogP contribution in [0.3, 0.4) is 0 Å². The van der Waals surface area contributed by atoms with Crippen molar-refractivity contribution in [3.05, 3.63) is 172 Å². The molecule has 4 heteroatoms. The van der Waals surface area contributed by atoms with Gasteiger partial charge >= 0.3 is 0 Å². The van der Waals surface area contributed by atoms with Gasteiger partial charge in [-0.1, -0.05) is 72.3 Å². The Kier molecular flexibility index (Phi) is 4.74. The van der Waals surface area contributed by atoms with Crippen molar-refractivity contribution in [2.24, 2.45) is 0 Å². The Balaban J connectivity index is 1.28. The van der Waals surface area contributed by atoms with Crippen LogP contribution in [0.2, 0.25) is 0 Å². The lowest BCUT2D eigenvalue weighted by Crippen LogP contribution is -2.68. The van der Waals surface area contributed by atoms with Crippen LogP contribution in [0.15, 0.2) is 127 Å². The lowest BCUT2D eigenvalue weighted by Gasteiger charge is -2.45. The van der Waals surface area contributed by atoms with Crippen molar-refractivity contribution >= 4 is 27.4 Å². The Hall–Kier alpha value is -5.87. The first-order valence-electron chi connectivity index (χ1n) is 18.9. The molecule has 0 radical (unpaired) electrons. The summed E-state index contributed by atoms with van der Waals surface area (Å²) in [6.45, 7) is 6.19. The second-order valence-corrected chi connectivity index (χ2v) is 14.4. The molecule has 1 spiro atoms. The average Bonchev–Trinajstić information content (AvgIpc) is 3.62. The number of rotatable bonds is 2. The molecule has 0 N–H and O–H groups in total. The van der Waals surface area contributed by atoms with E-state index in [-0.39, 0.29) is 6.04 Å². The Bertz CT molecular complexity index is 2860. The first-order chi connectivity index (χ1) is 25.6. The van der Waals surface area contributed by atoms with E-state index in [0.717, 1.165) is 66.9 Å². The maximum atomic E-state index is 8.61. The Morgan fingerprint density at radius 3 is 2.44 bits per heavy atom. The summed E-state index contributed by atoms with van der Waals surface area (Å²) in [6, 6.07) is 36.4. The SMILES string of the molecule is [2H]C([2H])([2H])c1cc2[n+](cc1C)C13c4c(cccc4C4C=C(c5ccc(C)cc5C)C(C)=CN41)Oc1ccc4c5cc(-c6ccccc6)ccc5n-2c4c13. The summed E-state index contributed by atoms with van der Waals surface area (Å²) in [5.41, 5.74) is 14.1. The maximum Gasteiger partial charge on any atom is 0.289 e. The number of aryl methyl sites for hydroxylation is 4.